The first-order valence-electron chi connectivity index (χ1n) is 6.94. The lowest BCUT2D eigenvalue weighted by Gasteiger charge is -2.28. The molecule has 6 heteroatoms. The van der Waals surface area contributed by atoms with Crippen LogP contribution in [0.4, 0.5) is 0 Å². The number of nitrogens with two attached hydrogens (primary N) is 1. The van der Waals surface area contributed by atoms with Gasteiger partial charge in [0.25, 0.3) is 0 Å². The van der Waals surface area contributed by atoms with Crippen LogP contribution in [0.1, 0.15) is 30.9 Å². The number of benzene rings is 1. The fourth-order valence-corrected chi connectivity index (χ4v) is 4.90. The Bertz CT molecular complexity index is 599. The average molecular weight is 297 g/mol. The summed E-state index contributed by atoms with van der Waals surface area (Å²) in [5.41, 5.74) is 7.00. The van der Waals surface area contributed by atoms with Crippen molar-refractivity contribution in [1.29, 1.82) is 0 Å². The zero-order valence-electron chi connectivity index (χ0n) is 11.2. The van der Waals surface area contributed by atoms with E-state index in [-0.39, 0.29) is 5.75 Å². The summed E-state index contributed by atoms with van der Waals surface area (Å²) in [6.45, 7) is 1.04. The highest BCUT2D eigenvalue weighted by Gasteiger charge is 2.34. The van der Waals surface area contributed by atoms with Gasteiger partial charge in [-0.1, -0.05) is 12.5 Å². The van der Waals surface area contributed by atoms with Crippen LogP contribution in [-0.4, -0.2) is 32.6 Å². The van der Waals surface area contributed by atoms with E-state index in [1.54, 1.807) is 6.07 Å². The minimum Gasteiger partial charge on any atom is -0.486 e. The van der Waals surface area contributed by atoms with E-state index in [1.807, 2.05) is 12.1 Å². The fraction of sp³-hybridized carbons (Fsp3) is 0.571. The van der Waals surface area contributed by atoms with Gasteiger partial charge in [0.15, 0.2) is 21.3 Å². The Morgan fingerprint density at radius 3 is 2.65 bits per heavy atom. The van der Waals surface area contributed by atoms with Gasteiger partial charge >= 0.3 is 0 Å². The van der Waals surface area contributed by atoms with Gasteiger partial charge in [0, 0.05) is 6.04 Å². The van der Waals surface area contributed by atoms with Gasteiger partial charge in [0.1, 0.15) is 13.2 Å². The van der Waals surface area contributed by atoms with Crippen LogP contribution < -0.4 is 15.2 Å². The Morgan fingerprint density at radius 1 is 1.15 bits per heavy atom. The van der Waals surface area contributed by atoms with Crippen molar-refractivity contribution < 1.29 is 17.9 Å². The summed E-state index contributed by atoms with van der Waals surface area (Å²) >= 11 is 0. The van der Waals surface area contributed by atoms with E-state index in [0.29, 0.717) is 31.1 Å². The molecule has 0 aliphatic carbocycles. The Morgan fingerprint density at radius 2 is 1.90 bits per heavy atom. The van der Waals surface area contributed by atoms with E-state index in [2.05, 4.69) is 0 Å². The third-order valence-corrected chi connectivity index (χ3v) is 6.29. The molecule has 0 aromatic heterocycles. The van der Waals surface area contributed by atoms with Gasteiger partial charge in [0.2, 0.25) is 0 Å². The lowest BCUT2D eigenvalue weighted by molar-refractivity contribution is 0.171. The fourth-order valence-electron chi connectivity index (χ4n) is 2.86. The Kier molecular flexibility index (Phi) is 3.60. The van der Waals surface area contributed by atoms with Crippen molar-refractivity contribution >= 4 is 9.84 Å². The van der Waals surface area contributed by atoms with E-state index >= 15 is 0 Å². The monoisotopic (exact) mass is 297 g/mol. The molecule has 2 aliphatic heterocycles. The number of ether oxygens (including phenoxy) is 2. The number of hydrogen-bond acceptors (Lipinski definition) is 5. The second-order valence-corrected chi connectivity index (χ2v) is 7.67. The summed E-state index contributed by atoms with van der Waals surface area (Å²) < 4.78 is 35.3. The first-order valence-corrected chi connectivity index (χ1v) is 8.66. The second kappa shape index (κ2) is 5.26. The van der Waals surface area contributed by atoms with Crippen LogP contribution in [0.5, 0.6) is 11.5 Å². The first-order chi connectivity index (χ1) is 9.58. The van der Waals surface area contributed by atoms with Crippen LogP contribution in [0, 0.1) is 0 Å². The largest absolute Gasteiger partial charge is 0.486 e. The van der Waals surface area contributed by atoms with Gasteiger partial charge in [-0.05, 0) is 30.5 Å². The zero-order chi connectivity index (χ0) is 14.2. The molecule has 3 rings (SSSR count). The molecule has 1 fully saturated rings. The van der Waals surface area contributed by atoms with E-state index in [1.165, 1.54) is 0 Å². The van der Waals surface area contributed by atoms with E-state index in [9.17, 15) is 8.42 Å². The molecule has 0 saturated carbocycles. The van der Waals surface area contributed by atoms with Gasteiger partial charge in [0.05, 0.1) is 11.0 Å². The SMILES string of the molecule is NC(c1ccc2c(c1)OCCO2)C1CCCCS1(=O)=O. The molecule has 1 aromatic carbocycles. The molecule has 0 spiro atoms. The van der Waals surface area contributed by atoms with Gasteiger partial charge in [-0.3, -0.25) is 0 Å². The minimum atomic E-state index is -3.09. The summed E-state index contributed by atoms with van der Waals surface area (Å²) in [6, 6.07) is 4.95. The molecule has 2 unspecified atom stereocenters. The predicted octanol–water partition coefficient (Wildman–Crippen LogP) is 1.42. The second-order valence-electron chi connectivity index (χ2n) is 5.33. The standard InChI is InChI=1S/C14H19NO4S/c15-14(13-3-1-2-8-20(13,16)17)10-4-5-11-12(9-10)19-7-6-18-11/h4-5,9,13-14H,1-3,6-8,15H2. The van der Waals surface area contributed by atoms with E-state index in [0.717, 1.165) is 18.4 Å². The number of fused-ring (bicyclic) bond motifs is 1. The van der Waals surface area contributed by atoms with Crippen LogP contribution in [0.15, 0.2) is 18.2 Å². The smallest absolute Gasteiger partial charge is 0.161 e. The van der Waals surface area contributed by atoms with Gasteiger partial charge in [-0.2, -0.15) is 0 Å². The van der Waals surface area contributed by atoms with Crippen molar-refractivity contribution in [2.45, 2.75) is 30.6 Å². The van der Waals surface area contributed by atoms with Crippen molar-refractivity contribution in [3.8, 4) is 11.5 Å². The van der Waals surface area contributed by atoms with Crippen LogP contribution in [0.2, 0.25) is 0 Å². The van der Waals surface area contributed by atoms with Crippen molar-refractivity contribution in [3.05, 3.63) is 23.8 Å². The number of rotatable bonds is 2. The van der Waals surface area contributed by atoms with E-state index < -0.39 is 21.1 Å². The molecule has 1 saturated heterocycles. The quantitative estimate of drug-likeness (QED) is 0.893. The highest BCUT2D eigenvalue weighted by Crippen LogP contribution is 2.35. The molecule has 2 heterocycles. The van der Waals surface area contributed by atoms with Crippen LogP contribution in [0.25, 0.3) is 0 Å². The molecule has 0 amide bonds. The van der Waals surface area contributed by atoms with Gasteiger partial charge < -0.3 is 15.2 Å². The summed E-state index contributed by atoms with van der Waals surface area (Å²) in [4.78, 5) is 0. The third kappa shape index (κ3) is 2.50. The lowest BCUT2D eigenvalue weighted by Crippen LogP contribution is -2.37. The van der Waals surface area contributed by atoms with E-state index in [4.69, 9.17) is 15.2 Å². The molecule has 110 valence electrons. The molecule has 0 bridgehead atoms. The summed E-state index contributed by atoms with van der Waals surface area (Å²) in [5, 5.41) is -0.487. The molecule has 2 aliphatic rings. The third-order valence-electron chi connectivity index (χ3n) is 3.98. The molecule has 2 atom stereocenters. The topological polar surface area (TPSA) is 78.6 Å². The molecule has 20 heavy (non-hydrogen) atoms. The predicted molar refractivity (Wildman–Crippen MR) is 75.8 cm³/mol. The Balaban J connectivity index is 1.88. The Labute approximate surface area is 119 Å². The van der Waals surface area contributed by atoms with Crippen LogP contribution in [-0.2, 0) is 9.84 Å². The van der Waals surface area contributed by atoms with Crippen LogP contribution >= 0.6 is 0 Å². The van der Waals surface area contributed by atoms with Crippen LogP contribution in [0.3, 0.4) is 0 Å². The zero-order valence-corrected chi connectivity index (χ0v) is 12.1. The first kappa shape index (κ1) is 13.7. The maximum atomic E-state index is 12.1. The number of sulfone groups is 1. The molecular formula is C14H19NO4S. The highest BCUT2D eigenvalue weighted by molar-refractivity contribution is 7.92. The maximum absolute atomic E-state index is 12.1. The van der Waals surface area contributed by atoms with Crippen molar-refractivity contribution in [3.63, 3.8) is 0 Å². The van der Waals surface area contributed by atoms with Crippen molar-refractivity contribution in [2.24, 2.45) is 5.73 Å². The van der Waals surface area contributed by atoms with Crippen molar-refractivity contribution in [1.82, 2.24) is 0 Å². The molecule has 5 nitrogen and oxygen atoms in total. The van der Waals surface area contributed by atoms with Gasteiger partial charge in [-0.15, -0.1) is 0 Å². The molecule has 2 N–H and O–H groups in total. The van der Waals surface area contributed by atoms with Crippen molar-refractivity contribution in [2.75, 3.05) is 19.0 Å². The highest BCUT2D eigenvalue weighted by atomic mass is 32.2. The summed E-state index contributed by atoms with van der Waals surface area (Å²) in [6.07, 6.45) is 2.30. The normalized spacial score (nSPS) is 25.9. The molecule has 0 radical (unpaired) electrons. The average Bonchev–Trinajstić information content (AvgIpc) is 2.45. The van der Waals surface area contributed by atoms with Gasteiger partial charge in [-0.25, -0.2) is 8.42 Å². The Hall–Kier alpha value is -1.27. The minimum absolute atomic E-state index is 0.246. The molecular weight excluding hydrogens is 278 g/mol. The summed E-state index contributed by atoms with van der Waals surface area (Å²) in [5.74, 6) is 1.59. The molecule has 1 aromatic rings. The number of hydrogen-bond donors (Lipinski definition) is 1. The lowest BCUT2D eigenvalue weighted by atomic mass is 10.00. The summed E-state index contributed by atoms with van der Waals surface area (Å²) in [7, 11) is -3.09. The maximum Gasteiger partial charge on any atom is 0.161 e.